The summed E-state index contributed by atoms with van der Waals surface area (Å²) < 4.78 is 44.6. The van der Waals surface area contributed by atoms with E-state index < -0.39 is 33.3 Å². The molecule has 0 aliphatic carbocycles. The van der Waals surface area contributed by atoms with Crippen molar-refractivity contribution >= 4 is 17.6 Å². The SMILES string of the molecule is CN1CCN(c2nc(F)c(F)c(Sc3cc(C(C)(C)C)c(O)c(C(C)(C)C)c3)c2F)CC1. The molecular formula is C24H32F3N3OS. The van der Waals surface area contributed by atoms with Gasteiger partial charge >= 0.3 is 0 Å². The van der Waals surface area contributed by atoms with E-state index in [-0.39, 0.29) is 11.6 Å². The molecule has 0 radical (unpaired) electrons. The molecule has 1 saturated heterocycles. The minimum absolute atomic E-state index is 0.162. The van der Waals surface area contributed by atoms with Crippen molar-refractivity contribution in [3.8, 4) is 5.75 Å². The Hall–Kier alpha value is -1.93. The molecule has 1 aromatic heterocycles. The lowest BCUT2D eigenvalue weighted by molar-refractivity contribution is 0.309. The highest BCUT2D eigenvalue weighted by molar-refractivity contribution is 7.99. The van der Waals surface area contributed by atoms with Gasteiger partial charge in [0.15, 0.2) is 17.5 Å². The Labute approximate surface area is 192 Å². The molecule has 0 saturated carbocycles. The first kappa shape index (κ1) is 24.7. The average molecular weight is 468 g/mol. The number of halogens is 3. The molecule has 2 heterocycles. The number of nitrogens with zero attached hydrogens (tertiary/aromatic N) is 3. The molecule has 8 heteroatoms. The molecule has 0 amide bonds. The van der Waals surface area contributed by atoms with Gasteiger partial charge in [-0.15, -0.1) is 0 Å². The number of anilines is 1. The van der Waals surface area contributed by atoms with E-state index in [1.165, 1.54) is 0 Å². The van der Waals surface area contributed by atoms with Crippen LogP contribution in [0.25, 0.3) is 0 Å². The van der Waals surface area contributed by atoms with Crippen LogP contribution in [0.4, 0.5) is 19.0 Å². The van der Waals surface area contributed by atoms with E-state index in [0.717, 1.165) is 11.8 Å². The molecule has 3 rings (SSSR count). The third kappa shape index (κ3) is 5.01. The fourth-order valence-electron chi connectivity index (χ4n) is 3.73. The Balaban J connectivity index is 2.10. The summed E-state index contributed by atoms with van der Waals surface area (Å²) in [6.07, 6.45) is 0. The van der Waals surface area contributed by atoms with Crippen LogP contribution in [0.3, 0.4) is 0 Å². The lowest BCUT2D eigenvalue weighted by Gasteiger charge is -2.33. The fraction of sp³-hybridized carbons (Fsp3) is 0.542. The lowest BCUT2D eigenvalue weighted by Crippen LogP contribution is -2.45. The third-order valence-electron chi connectivity index (χ3n) is 5.70. The van der Waals surface area contributed by atoms with Gasteiger partial charge in [-0.05, 0) is 30.0 Å². The molecule has 1 aliphatic heterocycles. The predicted octanol–water partition coefficient (Wildman–Crippen LogP) is 5.70. The van der Waals surface area contributed by atoms with E-state index in [1.54, 1.807) is 17.0 Å². The summed E-state index contributed by atoms with van der Waals surface area (Å²) in [5.41, 5.74) is 0.544. The normalized spacial score (nSPS) is 16.0. The fourth-order valence-corrected chi connectivity index (χ4v) is 4.67. The van der Waals surface area contributed by atoms with Crippen molar-refractivity contribution in [3.63, 3.8) is 0 Å². The quantitative estimate of drug-likeness (QED) is 0.586. The molecule has 2 aromatic rings. The number of piperazine rings is 1. The maximum atomic E-state index is 15.4. The summed E-state index contributed by atoms with van der Waals surface area (Å²) in [4.78, 5) is 7.44. The Bertz CT molecular complexity index is 972. The van der Waals surface area contributed by atoms with Crippen LogP contribution in [-0.2, 0) is 10.8 Å². The van der Waals surface area contributed by atoms with E-state index in [2.05, 4.69) is 9.88 Å². The minimum atomic E-state index is -1.31. The predicted molar refractivity (Wildman–Crippen MR) is 123 cm³/mol. The molecule has 4 nitrogen and oxygen atoms in total. The number of aromatic hydroxyl groups is 1. The minimum Gasteiger partial charge on any atom is -0.507 e. The second-order valence-electron chi connectivity index (χ2n) is 10.4. The topological polar surface area (TPSA) is 39.6 Å². The Morgan fingerprint density at radius 3 is 1.84 bits per heavy atom. The van der Waals surface area contributed by atoms with Gasteiger partial charge in [0.25, 0.3) is 5.95 Å². The van der Waals surface area contributed by atoms with Gasteiger partial charge in [-0.25, -0.2) is 8.78 Å². The van der Waals surface area contributed by atoms with Crippen LogP contribution in [0, 0.1) is 17.6 Å². The first-order valence-electron chi connectivity index (χ1n) is 10.7. The lowest BCUT2D eigenvalue weighted by atomic mass is 9.79. The number of aromatic nitrogens is 1. The van der Waals surface area contributed by atoms with E-state index in [4.69, 9.17) is 0 Å². The van der Waals surface area contributed by atoms with E-state index in [9.17, 15) is 13.9 Å². The molecule has 0 atom stereocenters. The number of rotatable bonds is 3. The highest BCUT2D eigenvalue weighted by atomic mass is 32.2. The zero-order valence-electron chi connectivity index (χ0n) is 19.8. The zero-order valence-corrected chi connectivity index (χ0v) is 20.6. The Morgan fingerprint density at radius 1 is 0.875 bits per heavy atom. The molecule has 1 N–H and O–H groups in total. The number of phenolic OH excluding ortho intramolecular Hbond substituents is 1. The van der Waals surface area contributed by atoms with Crippen molar-refractivity contribution in [1.82, 2.24) is 9.88 Å². The van der Waals surface area contributed by atoms with Crippen molar-refractivity contribution in [1.29, 1.82) is 0 Å². The molecule has 1 fully saturated rings. The summed E-state index contributed by atoms with van der Waals surface area (Å²) in [7, 11) is 1.96. The van der Waals surface area contributed by atoms with Gasteiger partial charge in [0, 0.05) is 42.2 Å². The monoisotopic (exact) mass is 467 g/mol. The second kappa shape index (κ2) is 8.78. The number of hydrogen-bond acceptors (Lipinski definition) is 5. The summed E-state index contributed by atoms with van der Waals surface area (Å²) in [5, 5.41) is 10.9. The average Bonchev–Trinajstić information content (AvgIpc) is 2.68. The molecule has 0 unspecified atom stereocenters. The molecule has 176 valence electrons. The van der Waals surface area contributed by atoms with E-state index >= 15 is 4.39 Å². The van der Waals surface area contributed by atoms with Crippen molar-refractivity contribution in [2.24, 2.45) is 0 Å². The van der Waals surface area contributed by atoms with E-state index in [0.29, 0.717) is 42.2 Å². The van der Waals surface area contributed by atoms with E-state index in [1.807, 2.05) is 48.6 Å². The molecular weight excluding hydrogens is 435 g/mol. The van der Waals surface area contributed by atoms with Crippen molar-refractivity contribution in [2.75, 3.05) is 38.1 Å². The van der Waals surface area contributed by atoms with Crippen molar-refractivity contribution in [2.45, 2.75) is 62.2 Å². The van der Waals surface area contributed by atoms with Crippen LogP contribution in [-0.4, -0.2) is 48.2 Å². The maximum Gasteiger partial charge on any atom is 0.252 e. The number of benzene rings is 1. The molecule has 0 spiro atoms. The van der Waals surface area contributed by atoms with Crippen molar-refractivity contribution in [3.05, 3.63) is 40.8 Å². The van der Waals surface area contributed by atoms with Crippen molar-refractivity contribution < 1.29 is 18.3 Å². The van der Waals surface area contributed by atoms with Gasteiger partial charge in [-0.1, -0.05) is 53.3 Å². The molecule has 1 aliphatic rings. The first-order valence-corrected chi connectivity index (χ1v) is 11.6. The van der Waals surface area contributed by atoms with Gasteiger partial charge < -0.3 is 14.9 Å². The zero-order chi connectivity index (χ0) is 24.0. The standard InChI is InChI=1S/C24H32F3N3OS/c1-23(2,3)15-12-14(13-16(19(15)31)24(4,5)6)32-20-17(25)21(27)28-22(18(20)26)30-10-8-29(7)9-11-30/h12-13,31H,8-11H2,1-7H3. The summed E-state index contributed by atoms with van der Waals surface area (Å²) >= 11 is 0.825. The largest absolute Gasteiger partial charge is 0.507 e. The first-order chi connectivity index (χ1) is 14.7. The van der Waals surface area contributed by atoms with Crippen LogP contribution in [0.5, 0.6) is 5.75 Å². The van der Waals surface area contributed by atoms with Gasteiger partial charge in [0.05, 0.1) is 4.90 Å². The van der Waals surface area contributed by atoms with Gasteiger partial charge in [0.2, 0.25) is 0 Å². The number of hydrogen-bond donors (Lipinski definition) is 1. The number of pyridine rings is 1. The Morgan fingerprint density at radius 2 is 1.38 bits per heavy atom. The number of phenols is 1. The van der Waals surface area contributed by atoms with Crippen LogP contribution >= 0.6 is 11.8 Å². The maximum absolute atomic E-state index is 15.4. The molecule has 1 aromatic carbocycles. The third-order valence-corrected chi connectivity index (χ3v) is 6.74. The van der Waals surface area contributed by atoms with Crippen LogP contribution < -0.4 is 4.90 Å². The van der Waals surface area contributed by atoms with Crippen LogP contribution in [0.1, 0.15) is 52.7 Å². The molecule has 32 heavy (non-hydrogen) atoms. The van der Waals surface area contributed by atoms with Gasteiger partial charge in [0.1, 0.15) is 5.75 Å². The smallest absolute Gasteiger partial charge is 0.252 e. The number of likely N-dealkylation sites (N-methyl/N-ethyl adjacent to an activating group) is 1. The second-order valence-corrected chi connectivity index (χ2v) is 11.5. The highest BCUT2D eigenvalue weighted by Crippen LogP contribution is 2.44. The summed E-state index contributed by atoms with van der Waals surface area (Å²) in [6, 6.07) is 3.45. The summed E-state index contributed by atoms with van der Waals surface area (Å²) in [6.45, 7) is 14.1. The van der Waals surface area contributed by atoms with Crippen LogP contribution in [0.2, 0.25) is 0 Å². The highest BCUT2D eigenvalue weighted by Gasteiger charge is 2.30. The van der Waals surface area contributed by atoms with Crippen LogP contribution in [0.15, 0.2) is 21.9 Å². The molecule has 0 bridgehead atoms. The summed E-state index contributed by atoms with van der Waals surface area (Å²) in [5.74, 6) is -3.46. The van der Waals surface area contributed by atoms with Gasteiger partial charge in [-0.3, -0.25) is 0 Å². The van der Waals surface area contributed by atoms with Gasteiger partial charge in [-0.2, -0.15) is 9.37 Å². The Kier molecular flexibility index (Phi) is 6.78.